The molecule has 0 aromatic carbocycles. The largest absolute Gasteiger partial charge is 0.477 e. The number of carboxylic acids is 1. The van der Waals surface area contributed by atoms with E-state index in [9.17, 15) is 4.79 Å². The minimum absolute atomic E-state index is 0.423. The second-order valence-corrected chi connectivity index (χ2v) is 4.93. The van der Waals surface area contributed by atoms with Crippen molar-refractivity contribution in [2.75, 3.05) is 17.6 Å². The molecule has 0 saturated heterocycles. The third-order valence-corrected chi connectivity index (χ3v) is 4.11. The van der Waals surface area contributed by atoms with Gasteiger partial charge in [0.2, 0.25) is 0 Å². The lowest BCUT2D eigenvalue weighted by atomic mass is 10.4. The van der Waals surface area contributed by atoms with E-state index in [0.29, 0.717) is 4.88 Å². The number of fused-ring (bicyclic) bond motifs is 1. The topological polar surface area (TPSA) is 49.3 Å². The smallest absolute Gasteiger partial charge is 0.345 e. The normalized spacial score (nSPS) is 15.7. The summed E-state index contributed by atoms with van der Waals surface area (Å²) in [5.74, 6) is 0.232. The lowest BCUT2D eigenvalue weighted by Crippen LogP contribution is -1.98. The zero-order valence-electron chi connectivity index (χ0n) is 6.87. The van der Waals surface area contributed by atoms with Crippen molar-refractivity contribution in [1.29, 1.82) is 0 Å². The number of hydrogen-bond donors (Lipinski definition) is 2. The zero-order valence-corrected chi connectivity index (χ0v) is 8.50. The van der Waals surface area contributed by atoms with Crippen molar-refractivity contribution < 1.29 is 9.90 Å². The molecule has 1 aliphatic rings. The maximum absolute atomic E-state index is 10.7. The number of aromatic carboxylic acids is 1. The van der Waals surface area contributed by atoms with Crippen LogP contribution in [0.1, 0.15) is 16.1 Å². The molecule has 5 heteroatoms. The van der Waals surface area contributed by atoms with Crippen LogP contribution < -0.4 is 5.32 Å². The summed E-state index contributed by atoms with van der Waals surface area (Å²) in [5.41, 5.74) is 0. The standard InChI is InChI=1S/C8H9NO2S2/c10-8(11)6-4-5-7(13-6)9-2-1-3-12-5/h4,9H,1-3H2,(H,10,11). The summed E-state index contributed by atoms with van der Waals surface area (Å²) < 4.78 is 0. The number of anilines is 1. The number of hydrogen-bond acceptors (Lipinski definition) is 4. The van der Waals surface area contributed by atoms with E-state index in [0.717, 1.165) is 28.6 Å². The van der Waals surface area contributed by atoms with E-state index in [1.54, 1.807) is 17.8 Å². The van der Waals surface area contributed by atoms with Crippen LogP contribution in [-0.4, -0.2) is 23.4 Å². The van der Waals surface area contributed by atoms with Crippen LogP contribution in [0.2, 0.25) is 0 Å². The molecule has 0 bridgehead atoms. The van der Waals surface area contributed by atoms with E-state index in [1.165, 1.54) is 11.3 Å². The van der Waals surface area contributed by atoms with Crippen molar-refractivity contribution in [3.05, 3.63) is 10.9 Å². The molecule has 3 nitrogen and oxygen atoms in total. The van der Waals surface area contributed by atoms with E-state index >= 15 is 0 Å². The first kappa shape index (κ1) is 8.90. The van der Waals surface area contributed by atoms with E-state index < -0.39 is 5.97 Å². The Morgan fingerprint density at radius 2 is 2.46 bits per heavy atom. The van der Waals surface area contributed by atoms with Gasteiger partial charge < -0.3 is 10.4 Å². The van der Waals surface area contributed by atoms with E-state index in [4.69, 9.17) is 5.11 Å². The summed E-state index contributed by atoms with van der Waals surface area (Å²) in [6.45, 7) is 0.944. The maximum Gasteiger partial charge on any atom is 0.345 e. The molecule has 13 heavy (non-hydrogen) atoms. The molecule has 2 rings (SSSR count). The van der Waals surface area contributed by atoms with Crippen molar-refractivity contribution >= 4 is 34.1 Å². The molecule has 0 spiro atoms. The van der Waals surface area contributed by atoms with Crippen LogP contribution in [0, 0.1) is 0 Å². The van der Waals surface area contributed by atoms with Crippen LogP contribution in [0.4, 0.5) is 5.00 Å². The van der Waals surface area contributed by atoms with Gasteiger partial charge in [-0.25, -0.2) is 4.79 Å². The molecule has 0 saturated carbocycles. The Bertz CT molecular complexity index is 311. The average molecular weight is 215 g/mol. The Kier molecular flexibility index (Phi) is 2.46. The second-order valence-electron chi connectivity index (χ2n) is 2.74. The van der Waals surface area contributed by atoms with Crippen molar-refractivity contribution in [3.8, 4) is 0 Å². The van der Waals surface area contributed by atoms with E-state index in [1.807, 2.05) is 0 Å². The van der Waals surface area contributed by atoms with E-state index in [2.05, 4.69) is 5.32 Å². The van der Waals surface area contributed by atoms with Crippen molar-refractivity contribution in [2.24, 2.45) is 0 Å². The van der Waals surface area contributed by atoms with Gasteiger partial charge >= 0.3 is 5.97 Å². The highest BCUT2D eigenvalue weighted by Crippen LogP contribution is 2.37. The Morgan fingerprint density at radius 1 is 1.62 bits per heavy atom. The summed E-state index contributed by atoms with van der Waals surface area (Å²) in [5, 5.41) is 13.0. The first-order valence-electron chi connectivity index (χ1n) is 4.01. The molecule has 0 fully saturated rings. The Labute approximate surface area is 84.2 Å². The molecule has 0 unspecified atom stereocenters. The summed E-state index contributed by atoms with van der Waals surface area (Å²) >= 11 is 3.06. The number of carboxylic acid groups (broad SMARTS) is 1. The molecule has 0 aliphatic carbocycles. The highest BCUT2D eigenvalue weighted by molar-refractivity contribution is 7.99. The molecule has 0 atom stereocenters. The molecular weight excluding hydrogens is 206 g/mol. The van der Waals surface area contributed by atoms with Gasteiger partial charge in [0.15, 0.2) is 0 Å². The Hall–Kier alpha value is -0.680. The summed E-state index contributed by atoms with van der Waals surface area (Å²) in [6, 6.07) is 1.76. The number of carbonyl (C=O) groups is 1. The number of nitrogens with one attached hydrogen (secondary N) is 1. The summed E-state index contributed by atoms with van der Waals surface area (Å²) in [6.07, 6.45) is 1.13. The molecule has 2 heterocycles. The van der Waals surface area contributed by atoms with Gasteiger partial charge in [-0.15, -0.1) is 23.1 Å². The molecule has 0 amide bonds. The van der Waals surface area contributed by atoms with Gasteiger partial charge in [0, 0.05) is 11.4 Å². The van der Waals surface area contributed by atoms with Gasteiger partial charge in [-0.3, -0.25) is 0 Å². The van der Waals surface area contributed by atoms with Gasteiger partial charge in [0.05, 0.1) is 0 Å². The Morgan fingerprint density at radius 3 is 3.23 bits per heavy atom. The molecule has 1 aromatic rings. The molecule has 70 valence electrons. The highest BCUT2D eigenvalue weighted by Gasteiger charge is 2.15. The predicted molar refractivity (Wildman–Crippen MR) is 55.1 cm³/mol. The fourth-order valence-electron chi connectivity index (χ4n) is 1.17. The van der Waals surface area contributed by atoms with Gasteiger partial charge in [-0.1, -0.05) is 0 Å². The van der Waals surface area contributed by atoms with Gasteiger partial charge in [0.25, 0.3) is 0 Å². The molecule has 1 aromatic heterocycles. The molecule has 2 N–H and O–H groups in total. The van der Waals surface area contributed by atoms with Gasteiger partial charge in [-0.05, 0) is 18.2 Å². The van der Waals surface area contributed by atoms with Crippen LogP contribution in [0.25, 0.3) is 0 Å². The first-order chi connectivity index (χ1) is 6.27. The third kappa shape index (κ3) is 1.81. The summed E-state index contributed by atoms with van der Waals surface area (Å²) in [7, 11) is 0. The zero-order chi connectivity index (χ0) is 9.26. The van der Waals surface area contributed by atoms with Crippen LogP contribution in [0.15, 0.2) is 11.0 Å². The van der Waals surface area contributed by atoms with Crippen LogP contribution in [0.5, 0.6) is 0 Å². The van der Waals surface area contributed by atoms with Crippen LogP contribution in [0.3, 0.4) is 0 Å². The minimum atomic E-state index is -0.833. The van der Waals surface area contributed by atoms with Crippen molar-refractivity contribution in [1.82, 2.24) is 0 Å². The summed E-state index contributed by atoms with van der Waals surface area (Å²) in [4.78, 5) is 12.2. The molecular formula is C8H9NO2S2. The predicted octanol–water partition coefficient (Wildman–Crippen LogP) is 2.35. The fraction of sp³-hybridized carbons (Fsp3) is 0.375. The number of rotatable bonds is 1. The van der Waals surface area contributed by atoms with Gasteiger partial charge in [-0.2, -0.15) is 0 Å². The lowest BCUT2D eigenvalue weighted by Gasteiger charge is -1.97. The van der Waals surface area contributed by atoms with Crippen molar-refractivity contribution in [3.63, 3.8) is 0 Å². The molecule has 0 radical (unpaired) electrons. The first-order valence-corrected chi connectivity index (χ1v) is 5.81. The molecule has 1 aliphatic heterocycles. The fourth-order valence-corrected chi connectivity index (χ4v) is 3.27. The monoisotopic (exact) mass is 215 g/mol. The number of thioether (sulfide) groups is 1. The van der Waals surface area contributed by atoms with Gasteiger partial charge in [0.1, 0.15) is 9.88 Å². The lowest BCUT2D eigenvalue weighted by molar-refractivity contribution is 0.0702. The number of thiophene rings is 1. The maximum atomic E-state index is 10.7. The third-order valence-electron chi connectivity index (χ3n) is 1.77. The SMILES string of the molecule is O=C(O)c1cc2c(s1)NCCCS2. The highest BCUT2D eigenvalue weighted by atomic mass is 32.2. The van der Waals surface area contributed by atoms with Crippen molar-refractivity contribution in [2.45, 2.75) is 11.3 Å². The van der Waals surface area contributed by atoms with Crippen LogP contribution in [-0.2, 0) is 0 Å². The minimum Gasteiger partial charge on any atom is -0.477 e. The van der Waals surface area contributed by atoms with Crippen LogP contribution >= 0.6 is 23.1 Å². The van der Waals surface area contributed by atoms with E-state index in [-0.39, 0.29) is 0 Å². The quantitative estimate of drug-likeness (QED) is 0.755. The average Bonchev–Trinajstić information content (AvgIpc) is 2.38. The Balaban J connectivity index is 2.32. The second kappa shape index (κ2) is 3.59.